The molecule has 1 heterocycles. The lowest BCUT2D eigenvalue weighted by atomic mass is 10.0. The maximum atomic E-state index is 12.2. The SMILES string of the molecule is CC(C)CC(C)N(C)C(=O)c1cccc(Br)n1. The molecular weight excluding hydrogens is 280 g/mol. The number of pyridine rings is 1. The highest BCUT2D eigenvalue weighted by Gasteiger charge is 2.19. The fraction of sp³-hybridized carbons (Fsp3) is 0.538. The first-order valence-corrected chi connectivity index (χ1v) is 6.60. The van der Waals surface area contributed by atoms with Crippen molar-refractivity contribution in [2.75, 3.05) is 7.05 Å². The predicted molar refractivity (Wildman–Crippen MR) is 72.9 cm³/mol. The summed E-state index contributed by atoms with van der Waals surface area (Å²) in [6.07, 6.45) is 0.996. The van der Waals surface area contributed by atoms with Crippen LogP contribution in [0.4, 0.5) is 0 Å². The van der Waals surface area contributed by atoms with E-state index in [0.29, 0.717) is 16.2 Å². The third-order valence-corrected chi connectivity index (χ3v) is 3.17. The Kier molecular flexibility index (Phi) is 5.12. The molecule has 1 atom stereocenters. The first-order chi connectivity index (χ1) is 7.91. The summed E-state index contributed by atoms with van der Waals surface area (Å²) in [6.45, 7) is 6.38. The molecular formula is C13H19BrN2O. The average Bonchev–Trinajstić information content (AvgIpc) is 2.26. The molecule has 1 aromatic heterocycles. The molecule has 0 saturated heterocycles. The molecule has 94 valence electrons. The summed E-state index contributed by atoms with van der Waals surface area (Å²) in [5, 5.41) is 0. The first-order valence-electron chi connectivity index (χ1n) is 5.81. The molecule has 0 fully saturated rings. The number of nitrogens with zero attached hydrogens (tertiary/aromatic N) is 2. The Hall–Kier alpha value is -0.900. The van der Waals surface area contributed by atoms with E-state index in [0.717, 1.165) is 6.42 Å². The summed E-state index contributed by atoms with van der Waals surface area (Å²) < 4.78 is 0.688. The van der Waals surface area contributed by atoms with Crippen LogP contribution in [0.3, 0.4) is 0 Å². The highest BCUT2D eigenvalue weighted by molar-refractivity contribution is 9.10. The largest absolute Gasteiger partial charge is 0.338 e. The number of aromatic nitrogens is 1. The van der Waals surface area contributed by atoms with E-state index in [1.807, 2.05) is 19.2 Å². The van der Waals surface area contributed by atoms with Crippen LogP contribution in [0, 0.1) is 5.92 Å². The second-order valence-corrected chi connectivity index (χ2v) is 5.55. The number of rotatable bonds is 4. The Labute approximate surface area is 111 Å². The number of carbonyl (C=O) groups is 1. The van der Waals surface area contributed by atoms with E-state index in [1.165, 1.54) is 0 Å². The van der Waals surface area contributed by atoms with Crippen molar-refractivity contribution in [2.24, 2.45) is 5.92 Å². The van der Waals surface area contributed by atoms with Crippen LogP contribution in [0.15, 0.2) is 22.8 Å². The van der Waals surface area contributed by atoms with Crippen molar-refractivity contribution in [3.8, 4) is 0 Å². The molecule has 17 heavy (non-hydrogen) atoms. The summed E-state index contributed by atoms with van der Waals surface area (Å²) >= 11 is 3.28. The minimum absolute atomic E-state index is 0.0283. The highest BCUT2D eigenvalue weighted by atomic mass is 79.9. The Morgan fingerprint density at radius 3 is 2.59 bits per heavy atom. The van der Waals surface area contributed by atoms with Gasteiger partial charge >= 0.3 is 0 Å². The zero-order chi connectivity index (χ0) is 13.0. The van der Waals surface area contributed by atoms with Crippen molar-refractivity contribution in [1.29, 1.82) is 0 Å². The van der Waals surface area contributed by atoms with Crippen LogP contribution in [0.25, 0.3) is 0 Å². The smallest absolute Gasteiger partial charge is 0.272 e. The van der Waals surface area contributed by atoms with Gasteiger partial charge in [0.25, 0.3) is 5.91 Å². The van der Waals surface area contributed by atoms with Gasteiger partial charge in [0.05, 0.1) is 0 Å². The van der Waals surface area contributed by atoms with Crippen molar-refractivity contribution in [2.45, 2.75) is 33.2 Å². The van der Waals surface area contributed by atoms with E-state index >= 15 is 0 Å². The minimum Gasteiger partial charge on any atom is -0.338 e. The van der Waals surface area contributed by atoms with Crippen LogP contribution in [0.1, 0.15) is 37.7 Å². The predicted octanol–water partition coefficient (Wildman–Crippen LogP) is 3.35. The molecule has 1 amide bonds. The van der Waals surface area contributed by atoms with Crippen LogP contribution in [-0.2, 0) is 0 Å². The van der Waals surface area contributed by atoms with Crippen LogP contribution in [0.2, 0.25) is 0 Å². The fourth-order valence-electron chi connectivity index (χ4n) is 1.75. The van der Waals surface area contributed by atoms with Gasteiger partial charge in [0.2, 0.25) is 0 Å². The number of halogens is 1. The normalized spacial score (nSPS) is 12.6. The Morgan fingerprint density at radius 1 is 1.41 bits per heavy atom. The van der Waals surface area contributed by atoms with Gasteiger partial charge in [-0.15, -0.1) is 0 Å². The lowest BCUT2D eigenvalue weighted by Gasteiger charge is -2.26. The van der Waals surface area contributed by atoms with Crippen molar-refractivity contribution in [1.82, 2.24) is 9.88 Å². The van der Waals surface area contributed by atoms with Crippen molar-refractivity contribution in [3.05, 3.63) is 28.5 Å². The van der Waals surface area contributed by atoms with Crippen molar-refractivity contribution in [3.63, 3.8) is 0 Å². The second-order valence-electron chi connectivity index (χ2n) is 4.74. The van der Waals surface area contributed by atoms with Crippen molar-refractivity contribution < 1.29 is 4.79 Å². The van der Waals surface area contributed by atoms with E-state index < -0.39 is 0 Å². The van der Waals surface area contributed by atoms with Crippen LogP contribution in [-0.4, -0.2) is 28.9 Å². The Morgan fingerprint density at radius 2 is 2.06 bits per heavy atom. The third kappa shape index (κ3) is 4.11. The van der Waals surface area contributed by atoms with Gasteiger partial charge in [-0.1, -0.05) is 19.9 Å². The molecule has 1 aromatic rings. The lowest BCUT2D eigenvalue weighted by Crippen LogP contribution is -2.36. The van der Waals surface area contributed by atoms with Gasteiger partial charge in [-0.3, -0.25) is 4.79 Å². The molecule has 0 aliphatic carbocycles. The van der Waals surface area contributed by atoms with Gasteiger partial charge in [-0.25, -0.2) is 4.98 Å². The van der Waals surface area contributed by atoms with E-state index in [2.05, 4.69) is 41.7 Å². The van der Waals surface area contributed by atoms with Crippen LogP contribution < -0.4 is 0 Å². The topological polar surface area (TPSA) is 33.2 Å². The number of amides is 1. The molecule has 0 bridgehead atoms. The van der Waals surface area contributed by atoms with Crippen LogP contribution in [0.5, 0.6) is 0 Å². The molecule has 3 nitrogen and oxygen atoms in total. The molecule has 0 saturated carbocycles. The van der Waals surface area contributed by atoms with E-state index in [1.54, 1.807) is 11.0 Å². The summed E-state index contributed by atoms with van der Waals surface area (Å²) in [4.78, 5) is 18.1. The van der Waals surface area contributed by atoms with Gasteiger partial charge in [-0.05, 0) is 47.3 Å². The molecule has 0 aliphatic heterocycles. The quantitative estimate of drug-likeness (QED) is 0.799. The van der Waals surface area contributed by atoms with Gasteiger partial charge in [-0.2, -0.15) is 0 Å². The standard InChI is InChI=1S/C13H19BrN2O/c1-9(2)8-10(3)16(4)13(17)11-6-5-7-12(14)15-11/h5-7,9-10H,8H2,1-4H3. The number of hydrogen-bond acceptors (Lipinski definition) is 2. The van der Waals surface area contributed by atoms with Gasteiger partial charge in [0.1, 0.15) is 10.3 Å². The zero-order valence-electron chi connectivity index (χ0n) is 10.8. The summed E-state index contributed by atoms with van der Waals surface area (Å²) in [5.41, 5.74) is 0.484. The van der Waals surface area contributed by atoms with E-state index in [-0.39, 0.29) is 11.9 Å². The van der Waals surface area contributed by atoms with Crippen LogP contribution >= 0.6 is 15.9 Å². The monoisotopic (exact) mass is 298 g/mol. The summed E-state index contributed by atoms with van der Waals surface area (Å²) in [5.74, 6) is 0.551. The second kappa shape index (κ2) is 6.15. The maximum absolute atomic E-state index is 12.2. The Balaban J connectivity index is 2.76. The maximum Gasteiger partial charge on any atom is 0.272 e. The molecule has 0 aliphatic rings. The molecule has 1 rings (SSSR count). The average molecular weight is 299 g/mol. The lowest BCUT2D eigenvalue weighted by molar-refractivity contribution is 0.0722. The van der Waals surface area contributed by atoms with Gasteiger partial charge in [0, 0.05) is 13.1 Å². The zero-order valence-corrected chi connectivity index (χ0v) is 12.4. The highest BCUT2D eigenvalue weighted by Crippen LogP contribution is 2.13. The third-order valence-electron chi connectivity index (χ3n) is 2.73. The fourth-order valence-corrected chi connectivity index (χ4v) is 2.09. The number of hydrogen-bond donors (Lipinski definition) is 0. The first kappa shape index (κ1) is 14.2. The van der Waals surface area contributed by atoms with Crippen molar-refractivity contribution >= 4 is 21.8 Å². The molecule has 0 N–H and O–H groups in total. The molecule has 0 spiro atoms. The molecule has 0 radical (unpaired) electrons. The van der Waals surface area contributed by atoms with Gasteiger partial charge < -0.3 is 4.90 Å². The summed E-state index contributed by atoms with van der Waals surface area (Å²) in [6, 6.07) is 5.61. The Bertz CT molecular complexity index is 393. The molecule has 0 aromatic carbocycles. The van der Waals surface area contributed by atoms with E-state index in [4.69, 9.17) is 0 Å². The van der Waals surface area contributed by atoms with Gasteiger partial charge in [0.15, 0.2) is 0 Å². The molecule has 4 heteroatoms. The number of carbonyl (C=O) groups excluding carboxylic acids is 1. The van der Waals surface area contributed by atoms with E-state index in [9.17, 15) is 4.79 Å². The summed E-state index contributed by atoms with van der Waals surface area (Å²) in [7, 11) is 1.83. The molecule has 1 unspecified atom stereocenters. The minimum atomic E-state index is -0.0283.